The van der Waals surface area contributed by atoms with Gasteiger partial charge in [0.1, 0.15) is 5.25 Å². The van der Waals surface area contributed by atoms with E-state index in [1.807, 2.05) is 0 Å². The van der Waals surface area contributed by atoms with Crippen LogP contribution in [0.2, 0.25) is 0 Å². The minimum atomic E-state index is -3.28. The minimum Gasteiger partial charge on any atom is -0.339 e. The summed E-state index contributed by atoms with van der Waals surface area (Å²) < 4.78 is 23.4. The molecule has 4 nitrogen and oxygen atoms in total. The first kappa shape index (κ1) is 13.0. The van der Waals surface area contributed by atoms with Gasteiger partial charge in [0.2, 0.25) is 5.91 Å². The third-order valence-corrected chi connectivity index (χ3v) is 4.84. The molecule has 1 saturated heterocycles. The number of hydrogen-bond donors (Lipinski definition) is 1. The van der Waals surface area contributed by atoms with E-state index in [0.29, 0.717) is 12.8 Å². The lowest BCUT2D eigenvalue weighted by atomic mass is 10.1. The first-order valence-electron chi connectivity index (χ1n) is 5.30. The van der Waals surface area contributed by atoms with Gasteiger partial charge in [0.05, 0.1) is 11.3 Å². The lowest BCUT2D eigenvalue weighted by molar-refractivity contribution is -0.121. The van der Waals surface area contributed by atoms with Crippen LogP contribution in [0.5, 0.6) is 0 Å². The molecule has 1 unspecified atom stereocenters. The number of amides is 1. The molecular weight excluding hydrogens is 226 g/mol. The highest BCUT2D eigenvalue weighted by molar-refractivity contribution is 7.92. The van der Waals surface area contributed by atoms with Crippen molar-refractivity contribution >= 4 is 15.7 Å². The molecule has 1 N–H and O–H groups in total. The van der Waals surface area contributed by atoms with Crippen LogP contribution in [0.25, 0.3) is 0 Å². The van der Waals surface area contributed by atoms with Gasteiger partial charge in [-0.3, -0.25) is 4.79 Å². The van der Waals surface area contributed by atoms with Gasteiger partial charge in [-0.1, -0.05) is 12.3 Å². The Hall–Kier alpha value is -1.02. The fraction of sp³-hybridized carbons (Fsp3) is 0.727. The van der Waals surface area contributed by atoms with Gasteiger partial charge in [-0.25, -0.2) is 8.42 Å². The number of hydrogen-bond acceptors (Lipinski definition) is 3. The molecule has 90 valence electrons. The van der Waals surface area contributed by atoms with Crippen LogP contribution in [0.4, 0.5) is 0 Å². The molecule has 1 aliphatic heterocycles. The van der Waals surface area contributed by atoms with E-state index >= 15 is 0 Å². The number of nitrogens with one attached hydrogen (secondary N) is 1. The quantitative estimate of drug-likeness (QED) is 0.718. The predicted octanol–water partition coefficient (Wildman–Crippen LogP) is 0.482. The van der Waals surface area contributed by atoms with Crippen molar-refractivity contribution in [1.29, 1.82) is 0 Å². The SMILES string of the molecule is C#CC(C)(C)NC(=O)C1CCCCS1(=O)=O. The third kappa shape index (κ3) is 2.99. The van der Waals surface area contributed by atoms with Gasteiger partial charge in [0.15, 0.2) is 9.84 Å². The minimum absolute atomic E-state index is 0.0988. The largest absolute Gasteiger partial charge is 0.339 e. The van der Waals surface area contributed by atoms with Crippen molar-refractivity contribution in [2.75, 3.05) is 5.75 Å². The first-order valence-corrected chi connectivity index (χ1v) is 7.01. The fourth-order valence-corrected chi connectivity index (χ4v) is 3.48. The first-order chi connectivity index (χ1) is 7.28. The molecule has 0 aliphatic carbocycles. The maximum atomic E-state index is 11.8. The van der Waals surface area contributed by atoms with Crippen LogP contribution in [-0.2, 0) is 14.6 Å². The van der Waals surface area contributed by atoms with E-state index in [-0.39, 0.29) is 5.75 Å². The lowest BCUT2D eigenvalue weighted by Gasteiger charge is -2.26. The van der Waals surface area contributed by atoms with Crippen LogP contribution in [0.3, 0.4) is 0 Å². The van der Waals surface area contributed by atoms with E-state index in [9.17, 15) is 13.2 Å². The molecule has 1 amide bonds. The normalized spacial score (nSPS) is 24.4. The van der Waals surface area contributed by atoms with Crippen molar-refractivity contribution in [3.05, 3.63) is 0 Å². The summed E-state index contributed by atoms with van der Waals surface area (Å²) in [4.78, 5) is 11.8. The van der Waals surface area contributed by atoms with Gasteiger partial charge in [-0.2, -0.15) is 0 Å². The van der Waals surface area contributed by atoms with Gasteiger partial charge < -0.3 is 5.32 Å². The molecule has 1 fully saturated rings. The second-order valence-corrected chi connectivity index (χ2v) is 6.91. The van der Waals surface area contributed by atoms with E-state index in [1.54, 1.807) is 13.8 Å². The Kier molecular flexibility index (Phi) is 3.64. The molecule has 0 aromatic heterocycles. The molecule has 1 atom stereocenters. The molecule has 0 bridgehead atoms. The molecule has 1 heterocycles. The second-order valence-electron chi connectivity index (χ2n) is 4.61. The molecular formula is C11H17NO3S. The highest BCUT2D eigenvalue weighted by Crippen LogP contribution is 2.20. The summed E-state index contributed by atoms with van der Waals surface area (Å²) in [6.07, 6.45) is 7.05. The van der Waals surface area contributed by atoms with Crippen LogP contribution >= 0.6 is 0 Å². The fourth-order valence-electron chi connectivity index (χ4n) is 1.67. The zero-order valence-electron chi connectivity index (χ0n) is 9.62. The average molecular weight is 243 g/mol. The number of terminal acetylenes is 1. The van der Waals surface area contributed by atoms with Crippen molar-refractivity contribution < 1.29 is 13.2 Å². The summed E-state index contributed by atoms with van der Waals surface area (Å²) in [5, 5.41) is 1.65. The van der Waals surface area contributed by atoms with Gasteiger partial charge in [-0.15, -0.1) is 6.42 Å². The molecule has 0 spiro atoms. The van der Waals surface area contributed by atoms with E-state index < -0.39 is 26.5 Å². The average Bonchev–Trinajstić information content (AvgIpc) is 2.16. The van der Waals surface area contributed by atoms with Crippen molar-refractivity contribution in [3.8, 4) is 12.3 Å². The summed E-state index contributed by atoms with van der Waals surface area (Å²) in [6.45, 7) is 3.33. The molecule has 5 heteroatoms. The van der Waals surface area contributed by atoms with Crippen LogP contribution in [-0.4, -0.2) is 30.9 Å². The van der Waals surface area contributed by atoms with E-state index in [2.05, 4.69) is 11.2 Å². The molecule has 0 radical (unpaired) electrons. The Morgan fingerprint density at radius 2 is 2.06 bits per heavy atom. The van der Waals surface area contributed by atoms with Gasteiger partial charge in [0, 0.05) is 0 Å². The number of sulfone groups is 1. The molecule has 0 saturated carbocycles. The van der Waals surface area contributed by atoms with Gasteiger partial charge in [-0.05, 0) is 26.7 Å². The van der Waals surface area contributed by atoms with Crippen LogP contribution in [0.1, 0.15) is 33.1 Å². The highest BCUT2D eigenvalue weighted by Gasteiger charge is 2.36. The number of rotatable bonds is 2. The van der Waals surface area contributed by atoms with Gasteiger partial charge >= 0.3 is 0 Å². The Morgan fingerprint density at radius 3 is 2.56 bits per heavy atom. The lowest BCUT2D eigenvalue weighted by Crippen LogP contribution is -2.50. The second kappa shape index (κ2) is 4.46. The Labute approximate surface area is 96.7 Å². The van der Waals surface area contributed by atoms with E-state index in [1.165, 1.54) is 0 Å². The van der Waals surface area contributed by atoms with Crippen LogP contribution < -0.4 is 5.32 Å². The molecule has 0 aromatic carbocycles. The number of carbonyl (C=O) groups is 1. The Balaban J connectivity index is 2.79. The molecule has 0 aromatic rings. The number of carbonyl (C=O) groups excluding carboxylic acids is 1. The summed E-state index contributed by atoms with van der Waals surface area (Å²) in [5.41, 5.74) is -0.802. The molecule has 1 rings (SSSR count). The zero-order chi connectivity index (χ0) is 12.4. The summed E-state index contributed by atoms with van der Waals surface area (Å²) in [5.74, 6) is 2.04. The smallest absolute Gasteiger partial charge is 0.239 e. The summed E-state index contributed by atoms with van der Waals surface area (Å²) in [7, 11) is -3.28. The summed E-state index contributed by atoms with van der Waals surface area (Å²) in [6, 6.07) is 0. The molecule has 1 aliphatic rings. The van der Waals surface area contributed by atoms with Crippen LogP contribution in [0.15, 0.2) is 0 Å². The van der Waals surface area contributed by atoms with Crippen molar-refractivity contribution in [1.82, 2.24) is 5.32 Å². The Bertz CT molecular complexity index is 417. The van der Waals surface area contributed by atoms with E-state index in [0.717, 1.165) is 6.42 Å². The van der Waals surface area contributed by atoms with Crippen molar-refractivity contribution in [2.24, 2.45) is 0 Å². The predicted molar refractivity (Wildman–Crippen MR) is 62.5 cm³/mol. The van der Waals surface area contributed by atoms with Crippen molar-refractivity contribution in [3.63, 3.8) is 0 Å². The topological polar surface area (TPSA) is 63.2 Å². The Morgan fingerprint density at radius 1 is 1.44 bits per heavy atom. The van der Waals surface area contributed by atoms with Crippen molar-refractivity contribution in [2.45, 2.75) is 43.9 Å². The maximum Gasteiger partial charge on any atom is 0.239 e. The highest BCUT2D eigenvalue weighted by atomic mass is 32.2. The third-order valence-electron chi connectivity index (χ3n) is 2.67. The van der Waals surface area contributed by atoms with E-state index in [4.69, 9.17) is 6.42 Å². The monoisotopic (exact) mass is 243 g/mol. The summed E-state index contributed by atoms with van der Waals surface area (Å²) >= 11 is 0. The molecule has 16 heavy (non-hydrogen) atoms. The zero-order valence-corrected chi connectivity index (χ0v) is 10.4. The van der Waals surface area contributed by atoms with Gasteiger partial charge in [0.25, 0.3) is 0 Å². The van der Waals surface area contributed by atoms with Crippen LogP contribution in [0, 0.1) is 12.3 Å². The standard InChI is InChI=1S/C11H17NO3S/c1-4-11(2,3)12-10(13)9-7-5-6-8-16(9,14)15/h1,9H,5-8H2,2-3H3,(H,12,13). The maximum absolute atomic E-state index is 11.8.